The second-order valence-electron chi connectivity index (χ2n) is 4.26. The predicted octanol–water partition coefficient (Wildman–Crippen LogP) is 2.18. The molecule has 0 heterocycles. The Balaban J connectivity index is 2.77. The zero-order chi connectivity index (χ0) is 13.7. The van der Waals surface area contributed by atoms with Gasteiger partial charge in [0.15, 0.2) is 0 Å². The molecule has 1 N–H and O–H groups in total. The van der Waals surface area contributed by atoms with Crippen molar-refractivity contribution in [2.75, 3.05) is 27.3 Å². The number of carbonyl (C=O) groups excluding carboxylic acids is 1. The van der Waals surface area contributed by atoms with Crippen LogP contribution in [0.1, 0.15) is 15.9 Å². The van der Waals surface area contributed by atoms with Crippen LogP contribution in [0.3, 0.4) is 0 Å². The van der Waals surface area contributed by atoms with E-state index < -0.39 is 0 Å². The molecule has 0 spiro atoms. The van der Waals surface area contributed by atoms with Gasteiger partial charge in [-0.15, -0.1) is 0 Å². The molecule has 0 fully saturated rings. The fraction of sp³-hybridized carbons (Fsp3) is 0.462. The summed E-state index contributed by atoms with van der Waals surface area (Å²) in [6.45, 7) is 2.92. The van der Waals surface area contributed by atoms with Gasteiger partial charge >= 0.3 is 0 Å². The third-order valence-electron chi connectivity index (χ3n) is 2.55. The predicted molar refractivity (Wildman–Crippen MR) is 74.4 cm³/mol. The smallest absolute Gasteiger partial charge is 0.257 e. The van der Waals surface area contributed by atoms with Gasteiger partial charge in [-0.05, 0) is 19.1 Å². The topological polar surface area (TPSA) is 49.8 Å². The van der Waals surface area contributed by atoms with E-state index in [1.54, 1.807) is 31.2 Å². The summed E-state index contributed by atoms with van der Waals surface area (Å²) >= 11 is 3.43. The average molecular weight is 316 g/mol. The molecule has 1 aromatic rings. The Bertz CT molecular complexity index is 423. The van der Waals surface area contributed by atoms with Crippen molar-refractivity contribution < 1.29 is 14.6 Å². The molecule has 0 aliphatic heterocycles. The highest BCUT2D eigenvalue weighted by Gasteiger charge is 2.18. The van der Waals surface area contributed by atoms with Gasteiger partial charge in [0.2, 0.25) is 0 Å². The molecule has 0 aliphatic carbocycles. The summed E-state index contributed by atoms with van der Waals surface area (Å²) in [5.41, 5.74) is 1.27. The summed E-state index contributed by atoms with van der Waals surface area (Å²) in [6.07, 6.45) is 0. The fourth-order valence-electron chi connectivity index (χ4n) is 1.64. The SMILES string of the molecule is COCC(Br)CN(C)C(=O)c1cc(C)ccc1O. The van der Waals surface area contributed by atoms with E-state index in [-0.39, 0.29) is 16.5 Å². The second-order valence-corrected chi connectivity index (χ2v) is 5.55. The minimum Gasteiger partial charge on any atom is -0.507 e. The van der Waals surface area contributed by atoms with Crippen LogP contribution in [0.2, 0.25) is 0 Å². The van der Waals surface area contributed by atoms with Gasteiger partial charge < -0.3 is 14.7 Å². The number of phenolic OH excluding ortho intramolecular Hbond substituents is 1. The molecule has 5 heteroatoms. The van der Waals surface area contributed by atoms with Gasteiger partial charge in [-0.3, -0.25) is 4.79 Å². The summed E-state index contributed by atoms with van der Waals surface area (Å²) in [4.78, 5) is 13.8. The van der Waals surface area contributed by atoms with E-state index >= 15 is 0 Å². The fourth-order valence-corrected chi connectivity index (χ4v) is 2.34. The maximum absolute atomic E-state index is 12.2. The van der Waals surface area contributed by atoms with Gasteiger partial charge in [-0.25, -0.2) is 0 Å². The molecule has 18 heavy (non-hydrogen) atoms. The number of phenols is 1. The molecular formula is C13H18BrNO3. The zero-order valence-electron chi connectivity index (χ0n) is 10.8. The van der Waals surface area contributed by atoms with Crippen LogP contribution in [0.15, 0.2) is 18.2 Å². The normalized spacial score (nSPS) is 12.2. The molecular weight excluding hydrogens is 298 g/mol. The average Bonchev–Trinajstić information content (AvgIpc) is 2.31. The van der Waals surface area contributed by atoms with E-state index in [1.165, 1.54) is 6.07 Å². The second kappa shape index (κ2) is 6.75. The number of methoxy groups -OCH3 is 1. The van der Waals surface area contributed by atoms with Crippen LogP contribution in [-0.2, 0) is 4.74 Å². The highest BCUT2D eigenvalue weighted by atomic mass is 79.9. The largest absolute Gasteiger partial charge is 0.507 e. The molecule has 1 aromatic carbocycles. The summed E-state index contributed by atoms with van der Waals surface area (Å²) in [5.74, 6) is -0.188. The number of rotatable bonds is 5. The number of hydrogen-bond donors (Lipinski definition) is 1. The molecule has 0 saturated carbocycles. The van der Waals surface area contributed by atoms with Crippen molar-refractivity contribution in [3.8, 4) is 5.75 Å². The monoisotopic (exact) mass is 315 g/mol. The van der Waals surface area contributed by atoms with Gasteiger partial charge in [0.25, 0.3) is 5.91 Å². The molecule has 100 valence electrons. The third kappa shape index (κ3) is 3.99. The maximum Gasteiger partial charge on any atom is 0.257 e. The summed E-state index contributed by atoms with van der Waals surface area (Å²) in [6, 6.07) is 5.00. The van der Waals surface area contributed by atoms with E-state index in [9.17, 15) is 9.90 Å². The number of alkyl halides is 1. The van der Waals surface area contributed by atoms with Gasteiger partial charge in [-0.2, -0.15) is 0 Å². The first-order chi connectivity index (χ1) is 8.45. The number of amides is 1. The Labute approximate surface area is 116 Å². The first-order valence-corrected chi connectivity index (χ1v) is 6.55. The lowest BCUT2D eigenvalue weighted by atomic mass is 10.1. The third-order valence-corrected chi connectivity index (χ3v) is 3.10. The Kier molecular flexibility index (Phi) is 5.62. The Morgan fingerprint density at radius 3 is 2.83 bits per heavy atom. The van der Waals surface area contributed by atoms with E-state index in [4.69, 9.17) is 4.74 Å². The van der Waals surface area contributed by atoms with E-state index in [2.05, 4.69) is 15.9 Å². The summed E-state index contributed by atoms with van der Waals surface area (Å²) in [5, 5.41) is 9.71. The maximum atomic E-state index is 12.2. The van der Waals surface area contributed by atoms with Crippen LogP contribution in [0.4, 0.5) is 0 Å². The minimum atomic E-state index is -0.197. The molecule has 1 unspecified atom stereocenters. The zero-order valence-corrected chi connectivity index (χ0v) is 12.4. The number of carbonyl (C=O) groups is 1. The summed E-state index contributed by atoms with van der Waals surface area (Å²) in [7, 11) is 3.32. The number of aryl methyl sites for hydroxylation is 1. The molecule has 4 nitrogen and oxygen atoms in total. The quantitative estimate of drug-likeness (QED) is 0.847. The van der Waals surface area contributed by atoms with Crippen molar-refractivity contribution in [2.24, 2.45) is 0 Å². The van der Waals surface area contributed by atoms with Crippen LogP contribution in [0, 0.1) is 6.92 Å². The number of ether oxygens (including phenoxy) is 1. The van der Waals surface area contributed by atoms with Crippen LogP contribution in [-0.4, -0.2) is 48.0 Å². The van der Waals surface area contributed by atoms with Crippen molar-refractivity contribution in [3.63, 3.8) is 0 Å². The van der Waals surface area contributed by atoms with Gasteiger partial charge in [0, 0.05) is 20.7 Å². The molecule has 0 aliphatic rings. The van der Waals surface area contributed by atoms with Gasteiger partial charge in [0.1, 0.15) is 5.75 Å². The molecule has 0 aromatic heterocycles. The lowest BCUT2D eigenvalue weighted by Crippen LogP contribution is -2.33. The van der Waals surface area contributed by atoms with Crippen LogP contribution < -0.4 is 0 Å². The number of nitrogens with zero attached hydrogens (tertiary/aromatic N) is 1. The van der Waals surface area contributed by atoms with Crippen LogP contribution in [0.5, 0.6) is 5.75 Å². The van der Waals surface area contributed by atoms with Gasteiger partial charge in [-0.1, -0.05) is 27.6 Å². The van der Waals surface area contributed by atoms with Crippen molar-refractivity contribution in [3.05, 3.63) is 29.3 Å². The van der Waals surface area contributed by atoms with Crippen LogP contribution in [0.25, 0.3) is 0 Å². The molecule has 1 atom stereocenters. The van der Waals surface area contributed by atoms with Crippen molar-refractivity contribution in [1.29, 1.82) is 0 Å². The molecule has 0 bridgehead atoms. The number of aromatic hydroxyl groups is 1. The molecule has 1 amide bonds. The Morgan fingerprint density at radius 2 is 2.22 bits per heavy atom. The first kappa shape index (κ1) is 15.0. The molecule has 0 saturated heterocycles. The van der Waals surface area contributed by atoms with Crippen molar-refractivity contribution >= 4 is 21.8 Å². The number of halogens is 1. The Hall–Kier alpha value is -1.07. The first-order valence-electron chi connectivity index (χ1n) is 5.63. The number of hydrogen-bond acceptors (Lipinski definition) is 3. The van der Waals surface area contributed by atoms with Gasteiger partial charge in [0.05, 0.1) is 17.0 Å². The molecule has 0 radical (unpaired) electrons. The minimum absolute atomic E-state index is 0.00955. The lowest BCUT2D eigenvalue weighted by molar-refractivity contribution is 0.0781. The Morgan fingerprint density at radius 1 is 1.56 bits per heavy atom. The summed E-state index contributed by atoms with van der Waals surface area (Å²) < 4.78 is 5.00. The van der Waals surface area contributed by atoms with Crippen molar-refractivity contribution in [2.45, 2.75) is 11.8 Å². The van der Waals surface area contributed by atoms with E-state index in [1.807, 2.05) is 6.92 Å². The lowest BCUT2D eigenvalue weighted by Gasteiger charge is -2.21. The highest BCUT2D eigenvalue weighted by molar-refractivity contribution is 9.09. The van der Waals surface area contributed by atoms with E-state index in [0.29, 0.717) is 18.7 Å². The van der Waals surface area contributed by atoms with E-state index in [0.717, 1.165) is 5.56 Å². The van der Waals surface area contributed by atoms with Crippen LogP contribution >= 0.6 is 15.9 Å². The highest BCUT2D eigenvalue weighted by Crippen LogP contribution is 2.20. The standard InChI is InChI=1S/C13H18BrNO3/c1-9-4-5-12(16)11(6-9)13(17)15(2)7-10(14)8-18-3/h4-6,10,16H,7-8H2,1-3H3. The molecule has 1 rings (SSSR count). The number of benzene rings is 1. The van der Waals surface area contributed by atoms with Crippen molar-refractivity contribution in [1.82, 2.24) is 4.90 Å².